The van der Waals surface area contributed by atoms with Crippen LogP contribution < -0.4 is 9.47 Å². The summed E-state index contributed by atoms with van der Waals surface area (Å²) < 4.78 is 10.6. The Balaban J connectivity index is 2.12. The maximum Gasteiger partial charge on any atom is 0.314 e. The zero-order valence-corrected chi connectivity index (χ0v) is 11.0. The van der Waals surface area contributed by atoms with Crippen LogP contribution in [0.5, 0.6) is 11.5 Å². The molecule has 2 aromatic rings. The molecule has 5 heteroatoms. The van der Waals surface area contributed by atoms with Gasteiger partial charge in [-0.3, -0.25) is 9.78 Å². The first kappa shape index (κ1) is 13.9. The molecule has 0 saturated heterocycles. The lowest BCUT2D eigenvalue weighted by atomic mass is 10.00. The van der Waals surface area contributed by atoms with Crippen LogP contribution in [0.4, 0.5) is 0 Å². The Bertz CT molecular complexity index is 571. The predicted octanol–water partition coefficient (Wildman–Crippen LogP) is 2.34. The average molecular weight is 273 g/mol. The first-order chi connectivity index (χ1) is 9.70. The summed E-state index contributed by atoms with van der Waals surface area (Å²) in [6.45, 7) is 0.0359. The van der Waals surface area contributed by atoms with Gasteiger partial charge in [-0.15, -0.1) is 0 Å². The molecule has 1 heterocycles. The van der Waals surface area contributed by atoms with Gasteiger partial charge >= 0.3 is 5.97 Å². The summed E-state index contributed by atoms with van der Waals surface area (Å²) in [4.78, 5) is 15.3. The van der Waals surface area contributed by atoms with Crippen LogP contribution in [-0.4, -0.2) is 29.8 Å². The van der Waals surface area contributed by atoms with Crippen LogP contribution in [-0.2, 0) is 4.79 Å². The van der Waals surface area contributed by atoms with Crippen molar-refractivity contribution in [1.82, 2.24) is 4.98 Å². The SMILES string of the molecule is COc1cccc(C(COc2cccnc2)C(=O)O)c1. The molecule has 0 fully saturated rings. The molecule has 2 rings (SSSR count). The number of benzene rings is 1. The van der Waals surface area contributed by atoms with Crippen molar-refractivity contribution in [2.45, 2.75) is 5.92 Å². The molecule has 0 bridgehead atoms. The predicted molar refractivity (Wildman–Crippen MR) is 73.1 cm³/mol. The topological polar surface area (TPSA) is 68.7 Å². The monoisotopic (exact) mass is 273 g/mol. The van der Waals surface area contributed by atoms with Gasteiger partial charge in [0, 0.05) is 6.20 Å². The van der Waals surface area contributed by atoms with E-state index in [2.05, 4.69) is 4.98 Å². The largest absolute Gasteiger partial charge is 0.497 e. The highest BCUT2D eigenvalue weighted by molar-refractivity contribution is 5.76. The van der Waals surface area contributed by atoms with Gasteiger partial charge in [-0.2, -0.15) is 0 Å². The Morgan fingerprint density at radius 2 is 2.10 bits per heavy atom. The van der Waals surface area contributed by atoms with Gasteiger partial charge in [0.25, 0.3) is 0 Å². The number of pyridine rings is 1. The van der Waals surface area contributed by atoms with Crippen LogP contribution in [0.15, 0.2) is 48.8 Å². The van der Waals surface area contributed by atoms with E-state index in [9.17, 15) is 9.90 Å². The number of carboxylic acid groups (broad SMARTS) is 1. The third-order valence-corrected chi connectivity index (χ3v) is 2.85. The van der Waals surface area contributed by atoms with Crippen molar-refractivity contribution in [2.75, 3.05) is 13.7 Å². The summed E-state index contributed by atoms with van der Waals surface area (Å²) in [6, 6.07) is 10.4. The smallest absolute Gasteiger partial charge is 0.314 e. The molecule has 0 aliphatic heterocycles. The first-order valence-electron chi connectivity index (χ1n) is 6.10. The standard InChI is InChI=1S/C15H15NO4/c1-19-12-5-2-4-11(8-12)14(15(17)18)10-20-13-6-3-7-16-9-13/h2-9,14H,10H2,1H3,(H,17,18). The minimum atomic E-state index is -0.942. The summed E-state index contributed by atoms with van der Waals surface area (Å²) in [5.41, 5.74) is 0.640. The van der Waals surface area contributed by atoms with Gasteiger partial charge in [-0.25, -0.2) is 0 Å². The minimum Gasteiger partial charge on any atom is -0.497 e. The Hall–Kier alpha value is -2.56. The molecule has 1 unspecified atom stereocenters. The maximum atomic E-state index is 11.4. The molecule has 0 spiro atoms. The van der Waals surface area contributed by atoms with Crippen LogP contribution in [0.25, 0.3) is 0 Å². The molecule has 1 aromatic heterocycles. The normalized spacial score (nSPS) is 11.7. The number of ether oxygens (including phenoxy) is 2. The molecule has 0 saturated carbocycles. The van der Waals surface area contributed by atoms with Gasteiger partial charge in [0.2, 0.25) is 0 Å². The minimum absolute atomic E-state index is 0.0359. The van der Waals surface area contributed by atoms with Gasteiger partial charge in [0.15, 0.2) is 0 Å². The van der Waals surface area contributed by atoms with Gasteiger partial charge in [-0.1, -0.05) is 12.1 Å². The molecule has 0 aliphatic carbocycles. The highest BCUT2D eigenvalue weighted by Gasteiger charge is 2.21. The number of carboxylic acids is 1. The summed E-state index contributed by atoms with van der Waals surface area (Å²) >= 11 is 0. The fraction of sp³-hybridized carbons (Fsp3) is 0.200. The van der Waals surface area contributed by atoms with Crippen molar-refractivity contribution >= 4 is 5.97 Å². The first-order valence-corrected chi connectivity index (χ1v) is 6.10. The van der Waals surface area contributed by atoms with E-state index in [0.29, 0.717) is 17.1 Å². The summed E-state index contributed by atoms with van der Waals surface area (Å²) in [5, 5.41) is 9.33. The summed E-state index contributed by atoms with van der Waals surface area (Å²) in [6.07, 6.45) is 3.17. The van der Waals surface area contributed by atoms with Crippen molar-refractivity contribution in [2.24, 2.45) is 0 Å². The van der Waals surface area contributed by atoms with E-state index in [-0.39, 0.29) is 6.61 Å². The van der Waals surface area contributed by atoms with E-state index < -0.39 is 11.9 Å². The molecule has 1 N–H and O–H groups in total. The lowest BCUT2D eigenvalue weighted by Gasteiger charge is -2.14. The fourth-order valence-electron chi connectivity index (χ4n) is 1.78. The third-order valence-electron chi connectivity index (χ3n) is 2.85. The van der Waals surface area contributed by atoms with Gasteiger partial charge < -0.3 is 14.6 Å². The van der Waals surface area contributed by atoms with Crippen molar-refractivity contribution in [3.8, 4) is 11.5 Å². The number of aliphatic carboxylic acids is 1. The van der Waals surface area contributed by atoms with Crippen molar-refractivity contribution < 1.29 is 19.4 Å². The summed E-state index contributed by atoms with van der Waals surface area (Å²) in [7, 11) is 1.54. The van der Waals surface area contributed by atoms with E-state index in [1.165, 1.54) is 0 Å². The number of methoxy groups -OCH3 is 1. The van der Waals surface area contributed by atoms with E-state index in [1.54, 1.807) is 55.9 Å². The Morgan fingerprint density at radius 1 is 1.30 bits per heavy atom. The van der Waals surface area contributed by atoms with Crippen LogP contribution >= 0.6 is 0 Å². The van der Waals surface area contributed by atoms with Crippen LogP contribution in [0.2, 0.25) is 0 Å². The molecule has 5 nitrogen and oxygen atoms in total. The van der Waals surface area contributed by atoms with Gasteiger partial charge in [-0.05, 0) is 29.8 Å². The van der Waals surface area contributed by atoms with Crippen LogP contribution in [0, 0.1) is 0 Å². The maximum absolute atomic E-state index is 11.4. The lowest BCUT2D eigenvalue weighted by molar-refractivity contribution is -0.139. The second-order valence-electron chi connectivity index (χ2n) is 4.17. The Labute approximate surface area is 116 Å². The third kappa shape index (κ3) is 3.47. The van der Waals surface area contributed by atoms with E-state index >= 15 is 0 Å². The van der Waals surface area contributed by atoms with Gasteiger partial charge in [0.1, 0.15) is 24.0 Å². The van der Waals surface area contributed by atoms with Crippen molar-refractivity contribution in [3.63, 3.8) is 0 Å². The molecule has 20 heavy (non-hydrogen) atoms. The highest BCUT2D eigenvalue weighted by atomic mass is 16.5. The number of rotatable bonds is 6. The van der Waals surface area contributed by atoms with Crippen LogP contribution in [0.1, 0.15) is 11.5 Å². The molecule has 104 valence electrons. The number of hydrogen-bond donors (Lipinski definition) is 1. The number of nitrogens with zero attached hydrogens (tertiary/aromatic N) is 1. The zero-order valence-electron chi connectivity index (χ0n) is 11.0. The molecule has 0 amide bonds. The van der Waals surface area contributed by atoms with Crippen molar-refractivity contribution in [3.05, 3.63) is 54.4 Å². The number of carbonyl (C=O) groups is 1. The Morgan fingerprint density at radius 3 is 2.75 bits per heavy atom. The quantitative estimate of drug-likeness (QED) is 0.874. The lowest BCUT2D eigenvalue weighted by Crippen LogP contribution is -2.19. The molecular weight excluding hydrogens is 258 g/mol. The number of hydrogen-bond acceptors (Lipinski definition) is 4. The summed E-state index contributed by atoms with van der Waals surface area (Å²) in [5.74, 6) is -0.538. The fourth-order valence-corrected chi connectivity index (χ4v) is 1.78. The molecule has 1 aromatic carbocycles. The van der Waals surface area contributed by atoms with E-state index in [4.69, 9.17) is 9.47 Å². The Kier molecular flexibility index (Phi) is 4.55. The molecule has 0 radical (unpaired) electrons. The second-order valence-corrected chi connectivity index (χ2v) is 4.17. The van der Waals surface area contributed by atoms with E-state index in [0.717, 1.165) is 0 Å². The number of aromatic nitrogens is 1. The molecule has 1 atom stereocenters. The molecule has 0 aliphatic rings. The van der Waals surface area contributed by atoms with E-state index in [1.807, 2.05) is 0 Å². The van der Waals surface area contributed by atoms with Crippen LogP contribution in [0.3, 0.4) is 0 Å². The zero-order chi connectivity index (χ0) is 14.4. The van der Waals surface area contributed by atoms with Crippen molar-refractivity contribution in [1.29, 1.82) is 0 Å². The van der Waals surface area contributed by atoms with Gasteiger partial charge in [0.05, 0.1) is 13.3 Å². The molecular formula is C15H15NO4. The average Bonchev–Trinajstić information content (AvgIpc) is 2.48. The highest BCUT2D eigenvalue weighted by Crippen LogP contribution is 2.22. The second kappa shape index (κ2) is 6.56.